The second-order valence-corrected chi connectivity index (χ2v) is 8.34. The van der Waals surface area contributed by atoms with E-state index in [0.29, 0.717) is 19.1 Å². The van der Waals surface area contributed by atoms with Crippen LogP contribution in [0.2, 0.25) is 5.02 Å². The molecule has 0 spiro atoms. The van der Waals surface area contributed by atoms with Crippen molar-refractivity contribution >= 4 is 17.3 Å². The summed E-state index contributed by atoms with van der Waals surface area (Å²) < 4.78 is 5.76. The summed E-state index contributed by atoms with van der Waals surface area (Å²) in [6, 6.07) is 14.2. The third-order valence-corrected chi connectivity index (χ3v) is 5.58. The Morgan fingerprint density at radius 3 is 2.36 bits per heavy atom. The Bertz CT molecular complexity index is 756. The summed E-state index contributed by atoms with van der Waals surface area (Å²) in [5, 5.41) is 11.1. The Kier molecular flexibility index (Phi) is 7.22. The van der Waals surface area contributed by atoms with Crippen LogP contribution in [0.25, 0.3) is 0 Å². The highest BCUT2D eigenvalue weighted by Crippen LogP contribution is 2.25. The number of piperazine rings is 1. The van der Waals surface area contributed by atoms with Gasteiger partial charge in [0, 0.05) is 43.4 Å². The van der Waals surface area contributed by atoms with Gasteiger partial charge in [-0.05, 0) is 48.2 Å². The average Bonchev–Trinajstić information content (AvgIpc) is 2.69. The van der Waals surface area contributed by atoms with Gasteiger partial charge in [0.2, 0.25) is 0 Å². The van der Waals surface area contributed by atoms with E-state index >= 15 is 0 Å². The van der Waals surface area contributed by atoms with Gasteiger partial charge >= 0.3 is 0 Å². The maximum Gasteiger partial charge on any atom is 0.119 e. The van der Waals surface area contributed by atoms with Crippen LogP contribution in [0.4, 0.5) is 5.69 Å². The number of rotatable bonds is 7. The molecule has 2 aromatic rings. The van der Waals surface area contributed by atoms with Crippen molar-refractivity contribution in [2.45, 2.75) is 32.8 Å². The molecule has 0 radical (unpaired) electrons. The summed E-state index contributed by atoms with van der Waals surface area (Å²) in [5.74, 6) is 1.32. The molecule has 1 aliphatic rings. The summed E-state index contributed by atoms with van der Waals surface area (Å²) in [5.41, 5.74) is 3.75. The highest BCUT2D eigenvalue weighted by atomic mass is 35.5. The number of benzene rings is 2. The quantitative estimate of drug-likeness (QED) is 0.747. The normalized spacial score (nSPS) is 16.4. The van der Waals surface area contributed by atoms with Gasteiger partial charge in [-0.2, -0.15) is 0 Å². The molecule has 5 heteroatoms. The largest absolute Gasteiger partial charge is 0.491 e. The first-order chi connectivity index (χ1) is 13.4. The Morgan fingerprint density at radius 1 is 1.04 bits per heavy atom. The van der Waals surface area contributed by atoms with E-state index in [2.05, 4.69) is 48.8 Å². The summed E-state index contributed by atoms with van der Waals surface area (Å²) >= 11 is 6.16. The predicted molar refractivity (Wildman–Crippen MR) is 117 cm³/mol. The number of hydrogen-bond acceptors (Lipinski definition) is 4. The molecule has 4 nitrogen and oxygen atoms in total. The van der Waals surface area contributed by atoms with Gasteiger partial charge in [0.25, 0.3) is 0 Å². The molecule has 152 valence electrons. The Morgan fingerprint density at radius 2 is 1.71 bits per heavy atom. The fourth-order valence-electron chi connectivity index (χ4n) is 3.59. The Labute approximate surface area is 173 Å². The van der Waals surface area contributed by atoms with E-state index in [1.54, 1.807) is 0 Å². The molecular weight excluding hydrogens is 372 g/mol. The number of aryl methyl sites for hydroxylation is 1. The van der Waals surface area contributed by atoms with Crippen molar-refractivity contribution in [3.63, 3.8) is 0 Å². The minimum absolute atomic E-state index is 0.314. The number of anilines is 1. The number of hydrogen-bond donors (Lipinski definition) is 1. The van der Waals surface area contributed by atoms with E-state index in [1.807, 2.05) is 24.3 Å². The van der Waals surface area contributed by atoms with Crippen molar-refractivity contribution in [1.82, 2.24) is 4.90 Å². The van der Waals surface area contributed by atoms with Crippen LogP contribution < -0.4 is 9.64 Å². The lowest BCUT2D eigenvalue weighted by Gasteiger charge is -2.37. The first kappa shape index (κ1) is 21.0. The zero-order valence-electron chi connectivity index (χ0n) is 17.1. The van der Waals surface area contributed by atoms with Gasteiger partial charge in [-0.15, -0.1) is 0 Å². The summed E-state index contributed by atoms with van der Waals surface area (Å²) in [7, 11) is 0. The van der Waals surface area contributed by atoms with E-state index in [9.17, 15) is 5.11 Å². The number of nitrogens with zero attached hydrogens (tertiary/aromatic N) is 2. The van der Waals surface area contributed by atoms with Gasteiger partial charge in [0.15, 0.2) is 0 Å². The molecule has 1 heterocycles. The summed E-state index contributed by atoms with van der Waals surface area (Å²) in [4.78, 5) is 4.67. The zero-order valence-corrected chi connectivity index (χ0v) is 17.8. The molecule has 0 aromatic heterocycles. The van der Waals surface area contributed by atoms with Gasteiger partial charge in [-0.1, -0.05) is 43.6 Å². The molecule has 1 aliphatic heterocycles. The van der Waals surface area contributed by atoms with Crippen molar-refractivity contribution in [3.05, 3.63) is 58.6 Å². The van der Waals surface area contributed by atoms with Crippen LogP contribution in [0, 0.1) is 6.92 Å². The van der Waals surface area contributed by atoms with E-state index in [0.717, 1.165) is 37.0 Å². The number of aliphatic hydroxyl groups is 1. The van der Waals surface area contributed by atoms with E-state index in [1.165, 1.54) is 16.8 Å². The molecule has 1 N–H and O–H groups in total. The second-order valence-electron chi connectivity index (χ2n) is 7.91. The van der Waals surface area contributed by atoms with E-state index < -0.39 is 6.10 Å². The summed E-state index contributed by atoms with van der Waals surface area (Å²) in [6.07, 6.45) is -0.496. The van der Waals surface area contributed by atoms with Gasteiger partial charge in [-0.25, -0.2) is 0 Å². The molecule has 1 atom stereocenters. The molecule has 0 bridgehead atoms. The van der Waals surface area contributed by atoms with Crippen molar-refractivity contribution in [1.29, 1.82) is 0 Å². The standard InChI is InChI=1S/C23H31ClN2O2/c1-17(2)19-5-8-22(9-6-19)28-16-21(27)15-25-10-12-26(13-11-25)23-14-20(24)7-4-18(23)3/h4-9,14,17,21,27H,10-13,15-16H2,1-3H3/t21-/m0/s1. The lowest BCUT2D eigenvalue weighted by atomic mass is 10.0. The molecule has 0 unspecified atom stereocenters. The summed E-state index contributed by atoms with van der Waals surface area (Å²) in [6.45, 7) is 11.1. The monoisotopic (exact) mass is 402 g/mol. The number of ether oxygens (including phenoxy) is 1. The SMILES string of the molecule is Cc1ccc(Cl)cc1N1CCN(C[C@H](O)COc2ccc(C(C)C)cc2)CC1. The highest BCUT2D eigenvalue weighted by molar-refractivity contribution is 6.30. The van der Waals surface area contributed by atoms with Gasteiger partial charge in [0.1, 0.15) is 18.5 Å². The molecule has 28 heavy (non-hydrogen) atoms. The molecular formula is C23H31ClN2O2. The molecule has 0 amide bonds. The minimum atomic E-state index is -0.496. The van der Waals surface area contributed by atoms with Crippen LogP contribution in [-0.4, -0.2) is 55.4 Å². The van der Waals surface area contributed by atoms with Crippen LogP contribution in [-0.2, 0) is 0 Å². The molecule has 1 fully saturated rings. The fourth-order valence-corrected chi connectivity index (χ4v) is 3.75. The molecule has 0 saturated carbocycles. The van der Waals surface area contributed by atoms with E-state index in [4.69, 9.17) is 16.3 Å². The third-order valence-electron chi connectivity index (χ3n) is 5.34. The number of aliphatic hydroxyl groups excluding tert-OH is 1. The fraction of sp³-hybridized carbons (Fsp3) is 0.478. The van der Waals surface area contributed by atoms with Crippen molar-refractivity contribution in [2.75, 3.05) is 44.2 Å². The molecule has 2 aromatic carbocycles. The highest BCUT2D eigenvalue weighted by Gasteiger charge is 2.21. The van der Waals surface area contributed by atoms with Crippen LogP contribution in [0.1, 0.15) is 30.9 Å². The van der Waals surface area contributed by atoms with Gasteiger partial charge < -0.3 is 14.7 Å². The lowest BCUT2D eigenvalue weighted by Crippen LogP contribution is -2.49. The molecule has 0 aliphatic carbocycles. The van der Waals surface area contributed by atoms with Crippen LogP contribution in [0.15, 0.2) is 42.5 Å². The van der Waals surface area contributed by atoms with E-state index in [-0.39, 0.29) is 0 Å². The minimum Gasteiger partial charge on any atom is -0.491 e. The Hall–Kier alpha value is -1.75. The molecule has 1 saturated heterocycles. The first-order valence-electron chi connectivity index (χ1n) is 10.1. The third kappa shape index (κ3) is 5.63. The maximum absolute atomic E-state index is 10.4. The van der Waals surface area contributed by atoms with Gasteiger partial charge in [-0.3, -0.25) is 4.90 Å². The van der Waals surface area contributed by atoms with Gasteiger partial charge in [0.05, 0.1) is 0 Å². The average molecular weight is 403 g/mol. The maximum atomic E-state index is 10.4. The van der Waals surface area contributed by atoms with Crippen molar-refractivity contribution < 1.29 is 9.84 Å². The smallest absolute Gasteiger partial charge is 0.119 e. The van der Waals surface area contributed by atoms with Crippen molar-refractivity contribution in [3.8, 4) is 5.75 Å². The predicted octanol–water partition coefficient (Wildman–Crippen LogP) is 4.33. The lowest BCUT2D eigenvalue weighted by molar-refractivity contribution is 0.0663. The van der Waals surface area contributed by atoms with Crippen molar-refractivity contribution in [2.24, 2.45) is 0 Å². The zero-order chi connectivity index (χ0) is 20.1. The van der Waals surface area contributed by atoms with Crippen LogP contribution >= 0.6 is 11.6 Å². The number of β-amino-alcohol motifs (C(OH)–C–C–N with tert-alkyl or cyclic N) is 1. The number of halogens is 1. The second kappa shape index (κ2) is 9.64. The topological polar surface area (TPSA) is 35.9 Å². The van der Waals surface area contributed by atoms with Crippen LogP contribution in [0.5, 0.6) is 5.75 Å². The Balaban J connectivity index is 1.43. The first-order valence-corrected chi connectivity index (χ1v) is 10.4. The molecule has 3 rings (SSSR count). The van der Waals surface area contributed by atoms with Crippen LogP contribution in [0.3, 0.4) is 0 Å².